The third kappa shape index (κ3) is 4.62. The minimum absolute atomic E-state index is 0.114. The number of carbonyl (C=O) groups excluding carboxylic acids is 1. The van der Waals surface area contributed by atoms with Gasteiger partial charge in [-0.15, -0.1) is 0 Å². The van der Waals surface area contributed by atoms with E-state index in [2.05, 4.69) is 10.3 Å². The molecule has 1 N–H and O–H groups in total. The van der Waals surface area contributed by atoms with Crippen LogP contribution in [0.3, 0.4) is 0 Å². The molecule has 1 aromatic heterocycles. The second-order valence-electron chi connectivity index (χ2n) is 6.91. The van der Waals surface area contributed by atoms with E-state index in [-0.39, 0.29) is 17.7 Å². The first-order chi connectivity index (χ1) is 14.5. The molecule has 0 spiro atoms. The zero-order chi connectivity index (χ0) is 21.1. The molecule has 1 saturated heterocycles. The molecule has 0 atom stereocenters. The first kappa shape index (κ1) is 20.3. The van der Waals surface area contributed by atoms with Crippen LogP contribution in [0.25, 0.3) is 10.2 Å². The molecule has 0 aliphatic carbocycles. The maximum atomic E-state index is 13.8. The SMILES string of the molecule is CCOc1ccc(NC(=O)N2CCC(Oc3nc4c(F)cc(F)cc4s3)CC2)cc1. The Hall–Kier alpha value is -2.94. The van der Waals surface area contributed by atoms with E-state index in [0.717, 1.165) is 23.2 Å². The van der Waals surface area contributed by atoms with Gasteiger partial charge in [-0.05, 0) is 37.3 Å². The summed E-state index contributed by atoms with van der Waals surface area (Å²) in [5.41, 5.74) is 0.814. The Kier molecular flexibility index (Phi) is 5.98. The molecule has 2 heterocycles. The second-order valence-corrected chi connectivity index (χ2v) is 7.90. The van der Waals surface area contributed by atoms with Crippen molar-refractivity contribution in [2.45, 2.75) is 25.9 Å². The predicted octanol–water partition coefficient (Wildman–Crippen LogP) is 5.05. The Morgan fingerprint density at radius 2 is 1.97 bits per heavy atom. The molecule has 1 aliphatic rings. The van der Waals surface area contributed by atoms with Crippen LogP contribution in [-0.2, 0) is 0 Å². The maximum absolute atomic E-state index is 13.8. The summed E-state index contributed by atoms with van der Waals surface area (Å²) in [4.78, 5) is 18.3. The highest BCUT2D eigenvalue weighted by Crippen LogP contribution is 2.32. The summed E-state index contributed by atoms with van der Waals surface area (Å²) in [5.74, 6) is -0.579. The van der Waals surface area contributed by atoms with Crippen molar-refractivity contribution in [2.24, 2.45) is 0 Å². The lowest BCUT2D eigenvalue weighted by molar-refractivity contribution is 0.115. The number of thiazole rings is 1. The molecule has 2 amide bonds. The van der Waals surface area contributed by atoms with Gasteiger partial charge in [0.05, 0.1) is 11.3 Å². The number of piperidine rings is 1. The molecule has 4 rings (SSSR count). The van der Waals surface area contributed by atoms with Crippen molar-refractivity contribution < 1.29 is 23.0 Å². The van der Waals surface area contributed by atoms with E-state index >= 15 is 0 Å². The summed E-state index contributed by atoms with van der Waals surface area (Å²) in [5, 5.41) is 3.19. The van der Waals surface area contributed by atoms with Crippen molar-refractivity contribution in [3.05, 3.63) is 48.0 Å². The van der Waals surface area contributed by atoms with E-state index in [9.17, 15) is 13.6 Å². The molecule has 0 unspecified atom stereocenters. The molecule has 9 heteroatoms. The minimum Gasteiger partial charge on any atom is -0.494 e. The van der Waals surface area contributed by atoms with Crippen LogP contribution < -0.4 is 14.8 Å². The Bertz CT molecular complexity index is 1030. The lowest BCUT2D eigenvalue weighted by atomic mass is 10.1. The molecule has 30 heavy (non-hydrogen) atoms. The highest BCUT2D eigenvalue weighted by Gasteiger charge is 2.25. The van der Waals surface area contributed by atoms with Gasteiger partial charge in [0, 0.05) is 37.7 Å². The Balaban J connectivity index is 1.30. The number of nitrogens with zero attached hydrogens (tertiary/aromatic N) is 2. The zero-order valence-corrected chi connectivity index (χ0v) is 17.2. The third-order valence-corrected chi connectivity index (χ3v) is 5.70. The van der Waals surface area contributed by atoms with Gasteiger partial charge in [-0.2, -0.15) is 4.98 Å². The molecule has 2 aromatic carbocycles. The highest BCUT2D eigenvalue weighted by molar-refractivity contribution is 7.20. The van der Waals surface area contributed by atoms with Crippen molar-refractivity contribution >= 4 is 33.3 Å². The lowest BCUT2D eigenvalue weighted by Crippen LogP contribution is -2.43. The monoisotopic (exact) mass is 433 g/mol. The number of anilines is 1. The van der Waals surface area contributed by atoms with Gasteiger partial charge in [0.25, 0.3) is 5.19 Å². The second kappa shape index (κ2) is 8.83. The van der Waals surface area contributed by atoms with Gasteiger partial charge < -0.3 is 19.7 Å². The predicted molar refractivity (Wildman–Crippen MR) is 111 cm³/mol. The molecule has 0 radical (unpaired) electrons. The van der Waals surface area contributed by atoms with Crippen molar-refractivity contribution in [2.75, 3.05) is 25.0 Å². The molecular formula is C21H21F2N3O3S. The molecule has 1 aliphatic heterocycles. The molecule has 6 nitrogen and oxygen atoms in total. The number of aromatic nitrogens is 1. The summed E-state index contributed by atoms with van der Waals surface area (Å²) in [6.07, 6.45) is 1.13. The maximum Gasteiger partial charge on any atom is 0.321 e. The molecule has 0 bridgehead atoms. The number of likely N-dealkylation sites (tertiary alicyclic amines) is 1. The molecular weight excluding hydrogens is 412 g/mol. The number of nitrogens with one attached hydrogen (secondary N) is 1. The Morgan fingerprint density at radius 1 is 1.23 bits per heavy atom. The van der Waals surface area contributed by atoms with Crippen molar-refractivity contribution in [1.82, 2.24) is 9.88 Å². The van der Waals surface area contributed by atoms with Crippen LogP contribution >= 0.6 is 11.3 Å². The van der Waals surface area contributed by atoms with Crippen LogP contribution in [0.4, 0.5) is 19.3 Å². The number of hydrogen-bond donors (Lipinski definition) is 1. The average molecular weight is 433 g/mol. The summed E-state index contributed by atoms with van der Waals surface area (Å²) in [7, 11) is 0. The number of carbonyl (C=O) groups is 1. The summed E-state index contributed by atoms with van der Waals surface area (Å²) in [6, 6.07) is 9.11. The van der Waals surface area contributed by atoms with E-state index in [0.29, 0.717) is 48.1 Å². The van der Waals surface area contributed by atoms with Crippen LogP contribution in [0.2, 0.25) is 0 Å². The number of benzene rings is 2. The number of ether oxygens (including phenoxy) is 2. The van der Waals surface area contributed by atoms with E-state index in [1.165, 1.54) is 6.07 Å². The number of halogens is 2. The Morgan fingerprint density at radius 3 is 2.67 bits per heavy atom. The molecule has 0 saturated carbocycles. The van der Waals surface area contributed by atoms with Crippen molar-refractivity contribution in [1.29, 1.82) is 0 Å². The van der Waals surface area contributed by atoms with Gasteiger partial charge >= 0.3 is 6.03 Å². The normalized spacial score (nSPS) is 14.7. The summed E-state index contributed by atoms with van der Waals surface area (Å²) in [6.45, 7) is 3.56. The highest BCUT2D eigenvalue weighted by atomic mass is 32.1. The summed E-state index contributed by atoms with van der Waals surface area (Å²) < 4.78 is 38.8. The average Bonchev–Trinajstić information content (AvgIpc) is 3.13. The minimum atomic E-state index is -0.697. The standard InChI is InChI=1S/C21H21F2N3O3S/c1-2-28-15-5-3-14(4-6-15)24-20(27)26-9-7-16(8-10-26)29-21-25-19-17(23)11-13(22)12-18(19)30-21/h3-6,11-12,16H,2,7-10H2,1H3,(H,24,27). The quantitative estimate of drug-likeness (QED) is 0.612. The van der Waals surface area contributed by atoms with E-state index in [4.69, 9.17) is 9.47 Å². The fourth-order valence-corrected chi connectivity index (χ4v) is 4.23. The topological polar surface area (TPSA) is 63.7 Å². The van der Waals surface area contributed by atoms with Crippen molar-refractivity contribution in [3.63, 3.8) is 0 Å². The van der Waals surface area contributed by atoms with Gasteiger partial charge in [0.1, 0.15) is 23.2 Å². The number of urea groups is 1. The van der Waals surface area contributed by atoms with Gasteiger partial charge in [-0.1, -0.05) is 11.3 Å². The number of rotatable bonds is 5. The fraction of sp³-hybridized carbons (Fsp3) is 0.333. The molecule has 1 fully saturated rings. The third-order valence-electron chi connectivity index (χ3n) is 4.81. The van der Waals surface area contributed by atoms with Crippen LogP contribution in [0.5, 0.6) is 10.9 Å². The number of hydrogen-bond acceptors (Lipinski definition) is 5. The van der Waals surface area contributed by atoms with Gasteiger partial charge in [-0.25, -0.2) is 13.6 Å². The van der Waals surface area contributed by atoms with Crippen LogP contribution in [0.15, 0.2) is 36.4 Å². The van der Waals surface area contributed by atoms with E-state index in [1.807, 2.05) is 19.1 Å². The largest absolute Gasteiger partial charge is 0.494 e. The van der Waals surface area contributed by atoms with Gasteiger partial charge in [0.15, 0.2) is 5.82 Å². The van der Waals surface area contributed by atoms with Crippen LogP contribution in [0, 0.1) is 11.6 Å². The summed E-state index contributed by atoms with van der Waals surface area (Å²) >= 11 is 1.12. The number of amides is 2. The van der Waals surface area contributed by atoms with Crippen LogP contribution in [0.1, 0.15) is 19.8 Å². The smallest absolute Gasteiger partial charge is 0.321 e. The van der Waals surface area contributed by atoms with Gasteiger partial charge in [-0.3, -0.25) is 0 Å². The fourth-order valence-electron chi connectivity index (χ4n) is 3.31. The molecule has 158 valence electrons. The first-order valence-electron chi connectivity index (χ1n) is 9.73. The van der Waals surface area contributed by atoms with Crippen LogP contribution in [-0.4, -0.2) is 41.7 Å². The zero-order valence-electron chi connectivity index (χ0n) is 16.4. The van der Waals surface area contributed by atoms with E-state index < -0.39 is 11.6 Å². The lowest BCUT2D eigenvalue weighted by Gasteiger charge is -2.31. The molecule has 3 aromatic rings. The number of fused-ring (bicyclic) bond motifs is 1. The first-order valence-corrected chi connectivity index (χ1v) is 10.5. The van der Waals surface area contributed by atoms with E-state index in [1.54, 1.807) is 17.0 Å². The van der Waals surface area contributed by atoms with Crippen molar-refractivity contribution in [3.8, 4) is 10.9 Å². The van der Waals surface area contributed by atoms with Gasteiger partial charge in [0.2, 0.25) is 0 Å². The Labute approximate surface area is 176 Å².